The average Bonchev–Trinajstić information content (AvgIpc) is 2.87. The zero-order valence-electron chi connectivity index (χ0n) is 15.2. The van der Waals surface area contributed by atoms with E-state index in [0.29, 0.717) is 12.1 Å². The van der Waals surface area contributed by atoms with Gasteiger partial charge in [0.05, 0.1) is 11.6 Å². The number of amides is 1. The maximum absolute atomic E-state index is 12.5. The number of nitrogens with zero attached hydrogens (tertiary/aromatic N) is 1. The summed E-state index contributed by atoms with van der Waals surface area (Å²) in [5.41, 5.74) is 3.77. The maximum atomic E-state index is 12.5. The molecule has 2 N–H and O–H groups in total. The number of carbonyl (C=O) groups is 2. The van der Waals surface area contributed by atoms with Crippen LogP contribution in [0, 0.1) is 19.8 Å². The number of hydrogen-bond acceptors (Lipinski definition) is 2. The fourth-order valence-electron chi connectivity index (χ4n) is 3.22. The van der Waals surface area contributed by atoms with Crippen LogP contribution in [-0.4, -0.2) is 28.1 Å². The third-order valence-corrected chi connectivity index (χ3v) is 4.53. The highest BCUT2D eigenvalue weighted by molar-refractivity contribution is 5.95. The Morgan fingerprint density at radius 2 is 1.80 bits per heavy atom. The first-order valence-electron chi connectivity index (χ1n) is 8.54. The van der Waals surface area contributed by atoms with Crippen molar-refractivity contribution < 1.29 is 14.7 Å². The van der Waals surface area contributed by atoms with Gasteiger partial charge in [0.2, 0.25) is 0 Å². The van der Waals surface area contributed by atoms with E-state index in [1.165, 1.54) is 5.56 Å². The van der Waals surface area contributed by atoms with Crippen molar-refractivity contribution in [3.05, 3.63) is 58.9 Å². The molecule has 1 heterocycles. The van der Waals surface area contributed by atoms with Crippen molar-refractivity contribution in [2.45, 2.75) is 40.2 Å². The van der Waals surface area contributed by atoms with Gasteiger partial charge in [-0.25, -0.2) is 0 Å². The minimum Gasteiger partial charge on any atom is -0.481 e. The van der Waals surface area contributed by atoms with Crippen LogP contribution < -0.4 is 5.32 Å². The highest BCUT2D eigenvalue weighted by Crippen LogP contribution is 2.25. The summed E-state index contributed by atoms with van der Waals surface area (Å²) < 4.78 is 2.16. The first-order valence-corrected chi connectivity index (χ1v) is 8.54. The zero-order valence-corrected chi connectivity index (χ0v) is 15.2. The quantitative estimate of drug-likeness (QED) is 0.808. The number of carboxylic acids is 1. The minimum absolute atomic E-state index is 0.0460. The van der Waals surface area contributed by atoms with E-state index in [1.807, 2.05) is 45.0 Å². The predicted molar refractivity (Wildman–Crippen MR) is 97.9 cm³/mol. The van der Waals surface area contributed by atoms with E-state index >= 15 is 0 Å². The molecular formula is C20H26N2O3. The van der Waals surface area contributed by atoms with Gasteiger partial charge in [0.1, 0.15) is 0 Å². The van der Waals surface area contributed by atoms with Gasteiger partial charge in [-0.2, -0.15) is 0 Å². The Morgan fingerprint density at radius 1 is 1.16 bits per heavy atom. The van der Waals surface area contributed by atoms with E-state index in [4.69, 9.17) is 5.11 Å². The third-order valence-electron chi connectivity index (χ3n) is 4.53. The molecule has 1 amide bonds. The summed E-state index contributed by atoms with van der Waals surface area (Å²) >= 11 is 0. The van der Waals surface area contributed by atoms with Gasteiger partial charge in [0.15, 0.2) is 0 Å². The lowest BCUT2D eigenvalue weighted by Crippen LogP contribution is -2.29. The molecule has 0 fully saturated rings. The molecule has 0 bridgehead atoms. The van der Waals surface area contributed by atoms with Gasteiger partial charge in [-0.15, -0.1) is 0 Å². The number of aliphatic carboxylic acids is 1. The Hall–Kier alpha value is -2.56. The number of benzene rings is 1. The first kappa shape index (κ1) is 18.8. The molecule has 0 aliphatic rings. The summed E-state index contributed by atoms with van der Waals surface area (Å²) in [5.74, 6) is -1.11. The van der Waals surface area contributed by atoms with Gasteiger partial charge in [-0.1, -0.05) is 37.3 Å². The van der Waals surface area contributed by atoms with Crippen LogP contribution in [0.25, 0.3) is 0 Å². The Labute approximate surface area is 148 Å². The fraction of sp³-hybridized carbons (Fsp3) is 0.400. The van der Waals surface area contributed by atoms with Crippen molar-refractivity contribution in [2.24, 2.45) is 5.92 Å². The van der Waals surface area contributed by atoms with Crippen LogP contribution in [0.3, 0.4) is 0 Å². The Balaban J connectivity index is 2.16. The predicted octanol–water partition coefficient (Wildman–Crippen LogP) is 3.55. The second-order valence-corrected chi connectivity index (χ2v) is 6.65. The molecule has 0 aliphatic carbocycles. The lowest BCUT2D eigenvalue weighted by atomic mass is 10.1. The van der Waals surface area contributed by atoms with Crippen LogP contribution in [-0.2, 0) is 4.79 Å². The standard InChI is InChI=1S/C20H26N2O3/c1-13(10-19(23)24)12-21-20(25)18-11-14(2)22(16(18)4)15(3)17-8-6-5-7-9-17/h5-9,11,13,15H,10,12H2,1-4H3,(H,21,25)(H,23,24). The molecule has 0 saturated carbocycles. The number of aryl methyl sites for hydroxylation is 1. The molecule has 1 aromatic carbocycles. The molecule has 2 atom stereocenters. The van der Waals surface area contributed by atoms with Gasteiger partial charge in [-0.3, -0.25) is 9.59 Å². The molecule has 25 heavy (non-hydrogen) atoms. The first-order chi connectivity index (χ1) is 11.8. The normalized spacial score (nSPS) is 13.3. The molecule has 134 valence electrons. The number of carboxylic acid groups (broad SMARTS) is 1. The van der Waals surface area contributed by atoms with E-state index in [1.54, 1.807) is 0 Å². The SMILES string of the molecule is Cc1cc(C(=O)NCC(C)CC(=O)O)c(C)n1C(C)c1ccccc1. The number of hydrogen-bond donors (Lipinski definition) is 2. The molecule has 5 nitrogen and oxygen atoms in total. The van der Waals surface area contributed by atoms with Crippen LogP contribution in [0.2, 0.25) is 0 Å². The van der Waals surface area contributed by atoms with E-state index in [9.17, 15) is 9.59 Å². The molecule has 2 rings (SSSR count). The molecule has 0 saturated heterocycles. The van der Waals surface area contributed by atoms with Crippen molar-refractivity contribution >= 4 is 11.9 Å². The van der Waals surface area contributed by atoms with Crippen LogP contribution >= 0.6 is 0 Å². The molecule has 0 aliphatic heterocycles. The number of rotatable bonds is 7. The van der Waals surface area contributed by atoms with E-state index in [0.717, 1.165) is 11.4 Å². The van der Waals surface area contributed by atoms with Crippen molar-refractivity contribution in [1.29, 1.82) is 0 Å². The zero-order chi connectivity index (χ0) is 18.6. The molecule has 0 radical (unpaired) electrons. The van der Waals surface area contributed by atoms with Crippen molar-refractivity contribution in [1.82, 2.24) is 9.88 Å². The molecule has 2 unspecified atom stereocenters. The van der Waals surface area contributed by atoms with Crippen molar-refractivity contribution in [3.63, 3.8) is 0 Å². The second kappa shape index (κ2) is 8.01. The largest absolute Gasteiger partial charge is 0.481 e. The van der Waals surface area contributed by atoms with Crippen molar-refractivity contribution in [2.75, 3.05) is 6.54 Å². The number of aromatic nitrogens is 1. The van der Waals surface area contributed by atoms with E-state index in [-0.39, 0.29) is 24.3 Å². The van der Waals surface area contributed by atoms with E-state index < -0.39 is 5.97 Å². The Kier molecular flexibility index (Phi) is 6.02. The molecule has 1 aromatic heterocycles. The molecule has 0 spiro atoms. The van der Waals surface area contributed by atoms with E-state index in [2.05, 4.69) is 28.9 Å². The monoisotopic (exact) mass is 342 g/mol. The summed E-state index contributed by atoms with van der Waals surface area (Å²) in [5, 5.41) is 11.7. The molecule has 5 heteroatoms. The van der Waals surface area contributed by atoms with Crippen LogP contribution in [0.5, 0.6) is 0 Å². The highest BCUT2D eigenvalue weighted by atomic mass is 16.4. The highest BCUT2D eigenvalue weighted by Gasteiger charge is 2.20. The van der Waals surface area contributed by atoms with Gasteiger partial charge in [0.25, 0.3) is 5.91 Å². The Bertz CT molecular complexity index is 750. The average molecular weight is 342 g/mol. The van der Waals surface area contributed by atoms with Gasteiger partial charge >= 0.3 is 5.97 Å². The Morgan fingerprint density at radius 3 is 2.40 bits per heavy atom. The van der Waals surface area contributed by atoms with Gasteiger partial charge in [-0.05, 0) is 38.3 Å². The third kappa shape index (κ3) is 4.50. The van der Waals surface area contributed by atoms with Crippen LogP contribution in [0.15, 0.2) is 36.4 Å². The second-order valence-electron chi connectivity index (χ2n) is 6.65. The summed E-state index contributed by atoms with van der Waals surface area (Å²) in [6, 6.07) is 12.2. The summed E-state index contributed by atoms with van der Waals surface area (Å²) in [4.78, 5) is 23.2. The summed E-state index contributed by atoms with van der Waals surface area (Å²) in [7, 11) is 0. The fourth-order valence-corrected chi connectivity index (χ4v) is 3.22. The minimum atomic E-state index is -0.850. The summed E-state index contributed by atoms with van der Waals surface area (Å²) in [6.45, 7) is 8.22. The van der Waals surface area contributed by atoms with Crippen molar-refractivity contribution in [3.8, 4) is 0 Å². The molecular weight excluding hydrogens is 316 g/mol. The lowest BCUT2D eigenvalue weighted by Gasteiger charge is -2.19. The maximum Gasteiger partial charge on any atom is 0.303 e. The topological polar surface area (TPSA) is 71.3 Å². The lowest BCUT2D eigenvalue weighted by molar-refractivity contribution is -0.137. The summed E-state index contributed by atoms with van der Waals surface area (Å²) in [6.07, 6.45) is 0.0460. The van der Waals surface area contributed by atoms with Crippen LogP contribution in [0.4, 0.5) is 0 Å². The number of carbonyl (C=O) groups excluding carboxylic acids is 1. The smallest absolute Gasteiger partial charge is 0.303 e. The number of nitrogens with one attached hydrogen (secondary N) is 1. The van der Waals surface area contributed by atoms with Gasteiger partial charge in [0, 0.05) is 24.4 Å². The van der Waals surface area contributed by atoms with Crippen LogP contribution in [0.1, 0.15) is 53.6 Å². The van der Waals surface area contributed by atoms with Gasteiger partial charge < -0.3 is 15.0 Å². The molecule has 2 aromatic rings.